The first-order valence-corrected chi connectivity index (χ1v) is 4.88. The van der Waals surface area contributed by atoms with Gasteiger partial charge in [0.05, 0.1) is 5.52 Å². The Morgan fingerprint density at radius 1 is 1.56 bits per heavy atom. The second-order valence-corrected chi connectivity index (χ2v) is 3.51. The van der Waals surface area contributed by atoms with Crippen LogP contribution >= 0.6 is 0 Å². The van der Waals surface area contributed by atoms with Crippen molar-refractivity contribution in [2.24, 2.45) is 0 Å². The maximum Gasteiger partial charge on any atom is 0.420 e. The molecule has 0 unspecified atom stereocenters. The van der Waals surface area contributed by atoms with Gasteiger partial charge in [-0.1, -0.05) is 6.08 Å². The third-order valence-corrected chi connectivity index (χ3v) is 2.39. The molecule has 0 bridgehead atoms. The summed E-state index contributed by atoms with van der Waals surface area (Å²) in [5.41, 5.74) is 1.64. The Morgan fingerprint density at radius 2 is 2.31 bits per heavy atom. The Balaban J connectivity index is 2.69. The highest BCUT2D eigenvalue weighted by atomic mass is 16.4. The predicted molar refractivity (Wildman–Crippen MR) is 60.7 cm³/mol. The summed E-state index contributed by atoms with van der Waals surface area (Å²) in [5.74, 6) is -0.489. The van der Waals surface area contributed by atoms with Crippen molar-refractivity contribution in [2.75, 3.05) is 0 Å². The minimum atomic E-state index is -0.435. The van der Waals surface area contributed by atoms with Crippen LogP contribution in [0.1, 0.15) is 17.3 Å². The average Bonchev–Trinajstić information content (AvgIpc) is 2.55. The molecule has 0 aliphatic heterocycles. The zero-order chi connectivity index (χ0) is 11.7. The SMILES string of the molecule is C=CCn1c(=O)oc2cc(C(C)=O)ccc21. The van der Waals surface area contributed by atoms with Gasteiger partial charge in [-0.05, 0) is 25.1 Å². The lowest BCUT2D eigenvalue weighted by Gasteiger charge is -1.97. The monoisotopic (exact) mass is 217 g/mol. The number of hydrogen-bond acceptors (Lipinski definition) is 3. The van der Waals surface area contributed by atoms with Crippen molar-refractivity contribution in [1.29, 1.82) is 0 Å². The fourth-order valence-corrected chi connectivity index (χ4v) is 1.59. The molecule has 0 spiro atoms. The van der Waals surface area contributed by atoms with Gasteiger partial charge in [0.25, 0.3) is 0 Å². The Bertz CT molecular complexity index is 619. The number of ketones is 1. The smallest absolute Gasteiger partial charge is 0.408 e. The van der Waals surface area contributed by atoms with Gasteiger partial charge in [0.1, 0.15) is 0 Å². The van der Waals surface area contributed by atoms with Gasteiger partial charge in [0.2, 0.25) is 0 Å². The van der Waals surface area contributed by atoms with Crippen molar-refractivity contribution in [3.8, 4) is 0 Å². The van der Waals surface area contributed by atoms with Crippen LogP contribution < -0.4 is 5.76 Å². The van der Waals surface area contributed by atoms with E-state index in [1.54, 1.807) is 24.3 Å². The number of carbonyl (C=O) groups is 1. The Hall–Kier alpha value is -2.10. The zero-order valence-electron chi connectivity index (χ0n) is 8.90. The van der Waals surface area contributed by atoms with E-state index < -0.39 is 5.76 Å². The van der Waals surface area contributed by atoms with Crippen LogP contribution in [0.25, 0.3) is 11.1 Å². The van der Waals surface area contributed by atoms with Gasteiger partial charge in [-0.2, -0.15) is 0 Å². The maximum absolute atomic E-state index is 11.5. The first-order valence-electron chi connectivity index (χ1n) is 4.88. The third kappa shape index (κ3) is 1.58. The van der Waals surface area contributed by atoms with Crippen molar-refractivity contribution in [1.82, 2.24) is 4.57 Å². The van der Waals surface area contributed by atoms with Gasteiger partial charge in [-0.15, -0.1) is 6.58 Å². The molecular formula is C12H11NO3. The number of aromatic nitrogens is 1. The van der Waals surface area contributed by atoms with Crippen molar-refractivity contribution < 1.29 is 9.21 Å². The van der Waals surface area contributed by atoms with Crippen molar-refractivity contribution >= 4 is 16.9 Å². The van der Waals surface area contributed by atoms with E-state index in [0.717, 1.165) is 0 Å². The topological polar surface area (TPSA) is 52.2 Å². The fraction of sp³-hybridized carbons (Fsp3) is 0.167. The minimum Gasteiger partial charge on any atom is -0.408 e. The van der Waals surface area contributed by atoms with E-state index in [9.17, 15) is 9.59 Å². The Labute approximate surface area is 91.8 Å². The van der Waals surface area contributed by atoms with Gasteiger partial charge in [-0.25, -0.2) is 4.79 Å². The largest absolute Gasteiger partial charge is 0.420 e. The quantitative estimate of drug-likeness (QED) is 0.583. The van der Waals surface area contributed by atoms with Crippen LogP contribution in [0.5, 0.6) is 0 Å². The first kappa shape index (κ1) is 10.4. The van der Waals surface area contributed by atoms with E-state index in [4.69, 9.17) is 4.42 Å². The van der Waals surface area contributed by atoms with E-state index in [0.29, 0.717) is 23.2 Å². The molecule has 0 aliphatic carbocycles. The lowest BCUT2D eigenvalue weighted by molar-refractivity contribution is 0.101. The van der Waals surface area contributed by atoms with Gasteiger partial charge >= 0.3 is 5.76 Å². The number of carbonyl (C=O) groups excluding carboxylic acids is 1. The molecule has 0 fully saturated rings. The van der Waals surface area contributed by atoms with Crippen molar-refractivity contribution in [3.63, 3.8) is 0 Å². The molecule has 0 saturated carbocycles. The highest BCUT2D eigenvalue weighted by molar-refractivity contribution is 5.96. The van der Waals surface area contributed by atoms with Crippen LogP contribution in [0.15, 0.2) is 40.1 Å². The summed E-state index contributed by atoms with van der Waals surface area (Å²) in [6.45, 7) is 5.44. The summed E-state index contributed by atoms with van der Waals surface area (Å²) in [6.07, 6.45) is 1.62. The molecule has 4 nitrogen and oxygen atoms in total. The van der Waals surface area contributed by atoms with Crippen LogP contribution in [-0.4, -0.2) is 10.4 Å². The predicted octanol–water partition coefficient (Wildman–Crippen LogP) is 1.98. The zero-order valence-corrected chi connectivity index (χ0v) is 8.90. The summed E-state index contributed by atoms with van der Waals surface area (Å²) in [4.78, 5) is 22.6. The van der Waals surface area contributed by atoms with E-state index in [1.807, 2.05) is 0 Å². The molecule has 0 N–H and O–H groups in total. The molecule has 0 radical (unpaired) electrons. The van der Waals surface area contributed by atoms with E-state index in [-0.39, 0.29) is 5.78 Å². The molecule has 0 atom stereocenters. The molecule has 1 aromatic heterocycles. The Morgan fingerprint density at radius 3 is 2.94 bits per heavy atom. The molecule has 2 aromatic rings. The molecule has 82 valence electrons. The first-order chi connectivity index (χ1) is 7.63. The normalized spacial score (nSPS) is 10.6. The molecule has 0 saturated heterocycles. The highest BCUT2D eigenvalue weighted by Crippen LogP contribution is 2.15. The van der Waals surface area contributed by atoms with Crippen LogP contribution in [0.4, 0.5) is 0 Å². The third-order valence-electron chi connectivity index (χ3n) is 2.39. The van der Waals surface area contributed by atoms with Gasteiger partial charge in [0, 0.05) is 12.1 Å². The number of hydrogen-bond donors (Lipinski definition) is 0. The van der Waals surface area contributed by atoms with Gasteiger partial charge in [0.15, 0.2) is 11.4 Å². The van der Waals surface area contributed by atoms with E-state index in [1.165, 1.54) is 11.5 Å². The van der Waals surface area contributed by atoms with Crippen molar-refractivity contribution in [3.05, 3.63) is 47.0 Å². The molecule has 0 amide bonds. The summed E-state index contributed by atoms with van der Waals surface area (Å²) in [6, 6.07) is 4.97. The van der Waals surface area contributed by atoms with Crippen LogP contribution in [0.3, 0.4) is 0 Å². The molecular weight excluding hydrogens is 206 g/mol. The van der Waals surface area contributed by atoms with E-state index in [2.05, 4.69) is 6.58 Å². The number of nitrogens with zero attached hydrogens (tertiary/aromatic N) is 1. The van der Waals surface area contributed by atoms with Gasteiger partial charge < -0.3 is 4.42 Å². The summed E-state index contributed by atoms with van der Waals surface area (Å²) >= 11 is 0. The number of oxazole rings is 1. The summed E-state index contributed by atoms with van der Waals surface area (Å²) < 4.78 is 6.51. The van der Waals surface area contributed by atoms with Crippen LogP contribution in [-0.2, 0) is 6.54 Å². The second kappa shape index (κ2) is 3.81. The van der Waals surface area contributed by atoms with Crippen molar-refractivity contribution in [2.45, 2.75) is 13.5 Å². The number of fused-ring (bicyclic) bond motifs is 1. The second-order valence-electron chi connectivity index (χ2n) is 3.51. The standard InChI is InChI=1S/C12H11NO3/c1-3-6-13-10-5-4-9(8(2)14)7-11(10)16-12(13)15/h3-5,7H,1,6H2,2H3. The minimum absolute atomic E-state index is 0.0546. The average molecular weight is 217 g/mol. The molecule has 16 heavy (non-hydrogen) atoms. The van der Waals surface area contributed by atoms with Crippen LogP contribution in [0.2, 0.25) is 0 Å². The summed E-state index contributed by atoms with van der Waals surface area (Å²) in [7, 11) is 0. The molecule has 4 heteroatoms. The number of benzene rings is 1. The number of rotatable bonds is 3. The molecule has 1 aromatic carbocycles. The van der Waals surface area contributed by atoms with Gasteiger partial charge in [-0.3, -0.25) is 9.36 Å². The van der Waals surface area contributed by atoms with E-state index >= 15 is 0 Å². The Kier molecular flexibility index (Phi) is 2.48. The number of allylic oxidation sites excluding steroid dienone is 1. The van der Waals surface area contributed by atoms with Crippen LogP contribution in [0, 0.1) is 0 Å². The lowest BCUT2D eigenvalue weighted by atomic mass is 10.1. The highest BCUT2D eigenvalue weighted by Gasteiger charge is 2.09. The molecule has 2 rings (SSSR count). The lowest BCUT2D eigenvalue weighted by Crippen LogP contribution is -2.12. The molecule has 0 aliphatic rings. The maximum atomic E-state index is 11.5. The molecule has 1 heterocycles. The fourth-order valence-electron chi connectivity index (χ4n) is 1.59. The summed E-state index contributed by atoms with van der Waals surface area (Å²) in [5, 5.41) is 0. The number of Topliss-reactive ketones (excluding diaryl/α,β-unsaturated/α-hetero) is 1.